The van der Waals surface area contributed by atoms with Crippen LogP contribution in [0.15, 0.2) is 53.4 Å². The maximum Gasteiger partial charge on any atom is 0.249 e. The molecule has 1 fully saturated rings. The molecule has 0 saturated carbocycles. The quantitative estimate of drug-likeness (QED) is 0.629. The number of carbonyl (C=O) groups is 2. The topological polar surface area (TPSA) is 104 Å². The molecule has 0 unspecified atom stereocenters. The highest BCUT2D eigenvalue weighted by Gasteiger charge is 2.33. The first-order valence-electron chi connectivity index (χ1n) is 10.0. The number of amides is 2. The average molecular weight is 467 g/mol. The monoisotopic (exact) mass is 466 g/mol. The second kappa shape index (κ2) is 10.2. The van der Waals surface area contributed by atoms with Gasteiger partial charge in [0.2, 0.25) is 21.8 Å². The Bertz CT molecular complexity index is 1050. The van der Waals surface area contributed by atoms with Gasteiger partial charge in [-0.1, -0.05) is 24.3 Å². The van der Waals surface area contributed by atoms with Gasteiger partial charge < -0.3 is 10.6 Å². The van der Waals surface area contributed by atoms with Gasteiger partial charge >= 0.3 is 0 Å². The SMILES string of the molecule is NC(=O)CCN(C(=O)CN1CCN(S(=O)(=O)c2c(F)cccc2F)CC1)c1ccccc1. The zero-order valence-corrected chi connectivity index (χ0v) is 18.1. The molecule has 32 heavy (non-hydrogen) atoms. The summed E-state index contributed by atoms with van der Waals surface area (Å²) < 4.78 is 54.4. The van der Waals surface area contributed by atoms with Gasteiger partial charge in [0.05, 0.1) is 6.54 Å². The highest BCUT2D eigenvalue weighted by molar-refractivity contribution is 7.89. The molecule has 11 heteroatoms. The maximum atomic E-state index is 14.0. The Morgan fingerprint density at radius 2 is 1.53 bits per heavy atom. The molecule has 172 valence electrons. The lowest BCUT2D eigenvalue weighted by Crippen LogP contribution is -2.52. The van der Waals surface area contributed by atoms with E-state index in [1.165, 1.54) is 4.90 Å². The summed E-state index contributed by atoms with van der Waals surface area (Å²) in [5.74, 6) is -3.09. The summed E-state index contributed by atoms with van der Waals surface area (Å²) >= 11 is 0. The summed E-state index contributed by atoms with van der Waals surface area (Å²) in [4.78, 5) is 26.4. The second-order valence-electron chi connectivity index (χ2n) is 7.33. The summed E-state index contributed by atoms with van der Waals surface area (Å²) in [7, 11) is -4.34. The normalized spacial score (nSPS) is 15.4. The number of hydrogen-bond donors (Lipinski definition) is 1. The third kappa shape index (κ3) is 5.47. The van der Waals surface area contributed by atoms with E-state index in [-0.39, 0.29) is 51.6 Å². The molecule has 2 aromatic carbocycles. The van der Waals surface area contributed by atoms with Crippen molar-refractivity contribution in [1.82, 2.24) is 9.21 Å². The van der Waals surface area contributed by atoms with Crippen molar-refractivity contribution in [3.05, 3.63) is 60.2 Å². The van der Waals surface area contributed by atoms with Crippen LogP contribution in [0.3, 0.4) is 0 Å². The first-order valence-corrected chi connectivity index (χ1v) is 11.4. The van der Waals surface area contributed by atoms with Gasteiger partial charge in [-0.25, -0.2) is 17.2 Å². The van der Waals surface area contributed by atoms with Crippen molar-refractivity contribution in [3.8, 4) is 0 Å². The number of carbonyl (C=O) groups excluding carboxylic acids is 2. The standard InChI is InChI=1S/C21H24F2N4O4S/c22-17-7-4-8-18(23)21(17)32(30,31)26-13-11-25(12-14-26)15-20(29)27(10-9-19(24)28)16-5-2-1-3-6-16/h1-8H,9-15H2,(H2,24,28). The molecule has 2 amide bonds. The van der Waals surface area contributed by atoms with Gasteiger partial charge in [0, 0.05) is 44.8 Å². The van der Waals surface area contributed by atoms with Crippen LogP contribution >= 0.6 is 0 Å². The number of rotatable bonds is 8. The number of piperazine rings is 1. The fourth-order valence-corrected chi connectivity index (χ4v) is 5.02. The number of para-hydroxylation sites is 1. The van der Waals surface area contributed by atoms with E-state index >= 15 is 0 Å². The molecule has 3 rings (SSSR count). The first kappa shape index (κ1) is 23.8. The van der Waals surface area contributed by atoms with Crippen LogP contribution in [0.25, 0.3) is 0 Å². The number of primary amides is 1. The second-order valence-corrected chi connectivity index (χ2v) is 9.20. The fraction of sp³-hybridized carbons (Fsp3) is 0.333. The van der Waals surface area contributed by atoms with Crippen LogP contribution < -0.4 is 10.6 Å². The molecule has 0 aromatic heterocycles. The first-order chi connectivity index (χ1) is 15.2. The van der Waals surface area contributed by atoms with E-state index < -0.39 is 32.5 Å². The summed E-state index contributed by atoms with van der Waals surface area (Å²) in [5.41, 5.74) is 5.85. The average Bonchev–Trinajstić information content (AvgIpc) is 2.74. The lowest BCUT2D eigenvalue weighted by molar-refractivity contribution is -0.120. The van der Waals surface area contributed by atoms with E-state index in [2.05, 4.69) is 0 Å². The number of benzene rings is 2. The highest BCUT2D eigenvalue weighted by Crippen LogP contribution is 2.23. The number of nitrogens with zero attached hydrogens (tertiary/aromatic N) is 3. The van der Waals surface area contributed by atoms with Crippen LogP contribution in [0.5, 0.6) is 0 Å². The Hall–Kier alpha value is -2.89. The third-order valence-corrected chi connectivity index (χ3v) is 7.11. The van der Waals surface area contributed by atoms with Crippen molar-refractivity contribution in [3.63, 3.8) is 0 Å². The van der Waals surface area contributed by atoms with Crippen molar-refractivity contribution in [1.29, 1.82) is 0 Å². The predicted octanol–water partition coefficient (Wildman–Crippen LogP) is 1.18. The lowest BCUT2D eigenvalue weighted by atomic mass is 10.2. The highest BCUT2D eigenvalue weighted by atomic mass is 32.2. The molecule has 1 saturated heterocycles. The van der Waals surface area contributed by atoms with E-state index in [0.29, 0.717) is 5.69 Å². The molecule has 1 aliphatic rings. The zero-order valence-electron chi connectivity index (χ0n) is 17.3. The molecular formula is C21H24F2N4O4S. The van der Waals surface area contributed by atoms with Crippen LogP contribution in [0, 0.1) is 11.6 Å². The Kier molecular flexibility index (Phi) is 7.54. The van der Waals surface area contributed by atoms with Gasteiger partial charge in [-0.05, 0) is 24.3 Å². The summed E-state index contributed by atoms with van der Waals surface area (Å²) in [6.45, 7) is 0.500. The molecular weight excluding hydrogens is 442 g/mol. The van der Waals surface area contributed by atoms with Gasteiger partial charge in [-0.2, -0.15) is 4.31 Å². The third-order valence-electron chi connectivity index (χ3n) is 5.16. The lowest BCUT2D eigenvalue weighted by Gasteiger charge is -2.34. The molecule has 0 bridgehead atoms. The molecule has 0 radical (unpaired) electrons. The van der Waals surface area contributed by atoms with E-state index in [1.807, 2.05) is 0 Å². The van der Waals surface area contributed by atoms with Crippen LogP contribution in [-0.4, -0.2) is 68.7 Å². The molecule has 1 heterocycles. The Morgan fingerprint density at radius 3 is 2.09 bits per heavy atom. The molecule has 8 nitrogen and oxygen atoms in total. The molecule has 2 N–H and O–H groups in total. The number of anilines is 1. The molecule has 0 aliphatic carbocycles. The van der Waals surface area contributed by atoms with Gasteiger partial charge in [-0.3, -0.25) is 14.5 Å². The van der Waals surface area contributed by atoms with Crippen molar-refractivity contribution >= 4 is 27.5 Å². The van der Waals surface area contributed by atoms with Crippen molar-refractivity contribution < 1.29 is 26.8 Å². The minimum absolute atomic E-state index is 0.000853. The van der Waals surface area contributed by atoms with Crippen molar-refractivity contribution in [2.75, 3.05) is 44.2 Å². The maximum absolute atomic E-state index is 14.0. The Balaban J connectivity index is 1.65. The smallest absolute Gasteiger partial charge is 0.249 e. The molecule has 1 aliphatic heterocycles. The van der Waals surface area contributed by atoms with Crippen molar-refractivity contribution in [2.24, 2.45) is 5.73 Å². The molecule has 2 aromatic rings. The minimum Gasteiger partial charge on any atom is -0.370 e. The van der Waals surface area contributed by atoms with E-state index in [4.69, 9.17) is 5.73 Å². The van der Waals surface area contributed by atoms with Crippen LogP contribution in [0.1, 0.15) is 6.42 Å². The van der Waals surface area contributed by atoms with Gasteiger partial charge in [0.1, 0.15) is 11.6 Å². The Morgan fingerprint density at radius 1 is 0.938 bits per heavy atom. The summed E-state index contributed by atoms with van der Waals surface area (Å²) in [6.07, 6.45) is 0.000853. The molecule has 0 spiro atoms. The number of nitrogens with two attached hydrogens (primary N) is 1. The van der Waals surface area contributed by atoms with Crippen LogP contribution in [-0.2, 0) is 19.6 Å². The van der Waals surface area contributed by atoms with Gasteiger partial charge in [0.15, 0.2) is 4.90 Å². The number of sulfonamides is 1. The van der Waals surface area contributed by atoms with Crippen molar-refractivity contribution in [2.45, 2.75) is 11.3 Å². The van der Waals surface area contributed by atoms with E-state index in [1.54, 1.807) is 35.2 Å². The zero-order chi connectivity index (χ0) is 23.3. The minimum atomic E-state index is -4.34. The van der Waals surface area contributed by atoms with E-state index in [9.17, 15) is 26.8 Å². The number of hydrogen-bond acceptors (Lipinski definition) is 5. The largest absolute Gasteiger partial charge is 0.370 e. The number of halogens is 2. The predicted molar refractivity (Wildman–Crippen MR) is 114 cm³/mol. The molecule has 0 atom stereocenters. The van der Waals surface area contributed by atoms with Gasteiger partial charge in [-0.15, -0.1) is 0 Å². The van der Waals surface area contributed by atoms with Crippen LogP contribution in [0.2, 0.25) is 0 Å². The Labute approximate surface area is 185 Å². The fourth-order valence-electron chi connectivity index (χ4n) is 3.49. The van der Waals surface area contributed by atoms with Crippen LogP contribution in [0.4, 0.5) is 14.5 Å². The van der Waals surface area contributed by atoms with E-state index in [0.717, 1.165) is 22.5 Å². The van der Waals surface area contributed by atoms with Gasteiger partial charge in [0.25, 0.3) is 0 Å². The summed E-state index contributed by atoms with van der Waals surface area (Å²) in [5, 5.41) is 0. The summed E-state index contributed by atoms with van der Waals surface area (Å²) in [6, 6.07) is 11.7.